The summed E-state index contributed by atoms with van der Waals surface area (Å²) in [6.45, 7) is 4.37. The van der Waals surface area contributed by atoms with E-state index in [0.29, 0.717) is 11.7 Å². The number of benzene rings is 7. The Bertz CT molecular complexity index is 3480. The van der Waals surface area contributed by atoms with Gasteiger partial charge in [-0.15, -0.1) is 0 Å². The highest BCUT2D eigenvalue weighted by Crippen LogP contribution is 2.38. The van der Waals surface area contributed by atoms with Crippen molar-refractivity contribution in [2.75, 3.05) is 0 Å². The molecule has 63 heavy (non-hydrogen) atoms. The average molecular weight is 808 g/mol. The molecule has 4 heterocycles. The molecule has 0 aliphatic rings. The summed E-state index contributed by atoms with van der Waals surface area (Å²) in [5.74, 6) is 0.981. The zero-order valence-corrected chi connectivity index (χ0v) is 34.9. The number of pyridine rings is 3. The number of nitrogens with zero attached hydrogens (tertiary/aromatic N) is 5. The summed E-state index contributed by atoms with van der Waals surface area (Å²) in [6, 6.07) is 68.2. The molecule has 0 aliphatic heterocycles. The third-order valence-corrected chi connectivity index (χ3v) is 11.9. The van der Waals surface area contributed by atoms with Gasteiger partial charge in [-0.3, -0.25) is 9.97 Å². The van der Waals surface area contributed by atoms with Crippen molar-refractivity contribution in [2.45, 2.75) is 19.8 Å². The summed E-state index contributed by atoms with van der Waals surface area (Å²) >= 11 is 0. The van der Waals surface area contributed by atoms with Crippen molar-refractivity contribution in [1.82, 2.24) is 24.9 Å². The van der Waals surface area contributed by atoms with Crippen molar-refractivity contribution < 1.29 is 0 Å². The Hall–Kier alpha value is -8.15. The SMILES string of the molecule is CC(C)c1ccc2ccc3c(-c4ccccc4)cc(-c4cccc(-c5cccc(-c6cc(-c7cccc(-c8cccc9cnccc89)c7)nc(-c7ccccc7)n6)c5)c4)nc3c2n1. The van der Waals surface area contributed by atoms with Gasteiger partial charge in [-0.1, -0.05) is 166 Å². The van der Waals surface area contributed by atoms with Gasteiger partial charge in [-0.2, -0.15) is 0 Å². The summed E-state index contributed by atoms with van der Waals surface area (Å²) in [5, 5.41) is 4.45. The smallest absolute Gasteiger partial charge is 0.160 e. The Kier molecular flexibility index (Phi) is 9.63. The first kappa shape index (κ1) is 37.8. The van der Waals surface area contributed by atoms with E-state index in [1.807, 2.05) is 30.6 Å². The fourth-order valence-corrected chi connectivity index (χ4v) is 8.61. The first-order chi connectivity index (χ1) is 31.0. The molecular formula is C58H41N5. The molecule has 5 heteroatoms. The largest absolute Gasteiger partial charge is 0.264 e. The van der Waals surface area contributed by atoms with Crippen LogP contribution in [0, 0.1) is 0 Å². The molecule has 0 spiro atoms. The summed E-state index contributed by atoms with van der Waals surface area (Å²) in [4.78, 5) is 25.3. The summed E-state index contributed by atoms with van der Waals surface area (Å²) < 4.78 is 0. The molecule has 0 fully saturated rings. The van der Waals surface area contributed by atoms with E-state index in [1.165, 1.54) is 0 Å². The van der Waals surface area contributed by atoms with Crippen LogP contribution in [-0.2, 0) is 0 Å². The van der Waals surface area contributed by atoms with Crippen molar-refractivity contribution in [3.8, 4) is 78.5 Å². The predicted octanol–water partition coefficient (Wildman–Crippen LogP) is 14.9. The van der Waals surface area contributed by atoms with Gasteiger partial charge in [0.15, 0.2) is 5.82 Å². The van der Waals surface area contributed by atoms with Gasteiger partial charge in [0.05, 0.1) is 28.1 Å². The van der Waals surface area contributed by atoms with Crippen molar-refractivity contribution in [1.29, 1.82) is 0 Å². The van der Waals surface area contributed by atoms with Crippen LogP contribution in [0.3, 0.4) is 0 Å². The van der Waals surface area contributed by atoms with Crippen LogP contribution in [-0.4, -0.2) is 24.9 Å². The molecular weight excluding hydrogens is 767 g/mol. The van der Waals surface area contributed by atoms with E-state index in [2.05, 4.69) is 195 Å². The lowest BCUT2D eigenvalue weighted by atomic mass is 9.95. The first-order valence-electron chi connectivity index (χ1n) is 21.4. The minimum atomic E-state index is 0.304. The molecule has 0 radical (unpaired) electrons. The van der Waals surface area contributed by atoms with Crippen LogP contribution < -0.4 is 0 Å². The third kappa shape index (κ3) is 7.30. The number of rotatable bonds is 8. The van der Waals surface area contributed by atoms with Gasteiger partial charge in [0.25, 0.3) is 0 Å². The van der Waals surface area contributed by atoms with Crippen LogP contribution >= 0.6 is 0 Å². The molecule has 0 atom stereocenters. The number of aromatic nitrogens is 5. The van der Waals surface area contributed by atoms with Crippen LogP contribution in [0.1, 0.15) is 25.5 Å². The zero-order chi connectivity index (χ0) is 42.3. The maximum atomic E-state index is 5.40. The quantitative estimate of drug-likeness (QED) is 0.143. The minimum absolute atomic E-state index is 0.304. The van der Waals surface area contributed by atoms with Crippen LogP contribution in [0.5, 0.6) is 0 Å². The molecule has 0 unspecified atom stereocenters. The second-order valence-corrected chi connectivity index (χ2v) is 16.3. The van der Waals surface area contributed by atoms with E-state index in [-0.39, 0.29) is 0 Å². The standard InChI is InChI=1S/C58H41N5/c1-37(2)52-28-26-39-25-27-50-51(38-13-5-3-6-14-38)34-53(61-57(50)56(39)60-52)44-20-9-17-41(31-44)42-18-10-21-45(32-42)54-35-55(63-58(62-54)40-15-7-4-8-16-40)46-22-11-19-43(33-46)48-24-12-23-47-36-59-30-29-49(47)48/h3-37H,1-2H3. The van der Waals surface area contributed by atoms with Gasteiger partial charge < -0.3 is 0 Å². The van der Waals surface area contributed by atoms with Crippen molar-refractivity contribution in [3.05, 3.63) is 212 Å². The molecule has 5 nitrogen and oxygen atoms in total. The lowest BCUT2D eigenvalue weighted by Crippen LogP contribution is -1.96. The fraction of sp³-hybridized carbons (Fsp3) is 0.0517. The Balaban J connectivity index is 1.02. The van der Waals surface area contributed by atoms with E-state index in [9.17, 15) is 0 Å². The van der Waals surface area contributed by atoms with Crippen LogP contribution in [0.4, 0.5) is 0 Å². The molecule has 298 valence electrons. The maximum Gasteiger partial charge on any atom is 0.160 e. The van der Waals surface area contributed by atoms with Crippen LogP contribution in [0.15, 0.2) is 207 Å². The van der Waals surface area contributed by atoms with Gasteiger partial charge in [-0.05, 0) is 87.1 Å². The molecule has 4 aromatic heterocycles. The Labute approximate surface area is 366 Å². The molecule has 0 aliphatic carbocycles. The molecule has 0 saturated carbocycles. The Morgan fingerprint density at radius 1 is 0.349 bits per heavy atom. The van der Waals surface area contributed by atoms with Crippen LogP contribution in [0.25, 0.3) is 111 Å². The number of fused-ring (bicyclic) bond motifs is 4. The second kappa shape index (κ2) is 16.0. The number of hydrogen-bond acceptors (Lipinski definition) is 5. The van der Waals surface area contributed by atoms with E-state index in [0.717, 1.165) is 111 Å². The molecule has 0 N–H and O–H groups in total. The summed E-state index contributed by atoms with van der Waals surface area (Å²) in [7, 11) is 0. The van der Waals surface area contributed by atoms with E-state index in [1.54, 1.807) is 0 Å². The second-order valence-electron chi connectivity index (χ2n) is 16.3. The highest BCUT2D eigenvalue weighted by Gasteiger charge is 2.17. The zero-order valence-electron chi connectivity index (χ0n) is 34.9. The van der Waals surface area contributed by atoms with E-state index < -0.39 is 0 Å². The highest BCUT2D eigenvalue weighted by molar-refractivity contribution is 6.09. The first-order valence-corrected chi connectivity index (χ1v) is 21.4. The summed E-state index contributed by atoms with van der Waals surface area (Å²) in [5.41, 5.74) is 16.3. The topological polar surface area (TPSA) is 64.5 Å². The van der Waals surface area contributed by atoms with Gasteiger partial charge in [0.2, 0.25) is 0 Å². The van der Waals surface area contributed by atoms with Gasteiger partial charge in [-0.25, -0.2) is 15.0 Å². The molecule has 0 saturated heterocycles. The molecule has 11 rings (SSSR count). The monoisotopic (exact) mass is 807 g/mol. The number of hydrogen-bond donors (Lipinski definition) is 0. The third-order valence-electron chi connectivity index (χ3n) is 11.9. The van der Waals surface area contributed by atoms with Gasteiger partial charge in [0.1, 0.15) is 0 Å². The van der Waals surface area contributed by atoms with E-state index in [4.69, 9.17) is 19.9 Å². The van der Waals surface area contributed by atoms with Gasteiger partial charge >= 0.3 is 0 Å². The summed E-state index contributed by atoms with van der Waals surface area (Å²) in [6.07, 6.45) is 3.77. The highest BCUT2D eigenvalue weighted by atomic mass is 14.9. The Morgan fingerprint density at radius 3 is 1.60 bits per heavy atom. The molecule has 7 aromatic carbocycles. The maximum absolute atomic E-state index is 5.40. The normalized spacial score (nSPS) is 11.5. The van der Waals surface area contributed by atoms with Crippen molar-refractivity contribution in [2.24, 2.45) is 0 Å². The molecule has 0 amide bonds. The molecule has 11 aromatic rings. The van der Waals surface area contributed by atoms with Crippen LogP contribution in [0.2, 0.25) is 0 Å². The average Bonchev–Trinajstić information content (AvgIpc) is 3.36. The minimum Gasteiger partial charge on any atom is -0.264 e. The van der Waals surface area contributed by atoms with Crippen molar-refractivity contribution in [3.63, 3.8) is 0 Å². The van der Waals surface area contributed by atoms with Crippen molar-refractivity contribution >= 4 is 32.6 Å². The van der Waals surface area contributed by atoms with E-state index >= 15 is 0 Å². The predicted molar refractivity (Wildman–Crippen MR) is 260 cm³/mol. The molecule has 0 bridgehead atoms. The fourth-order valence-electron chi connectivity index (χ4n) is 8.61. The van der Waals surface area contributed by atoms with Gasteiger partial charge in [0, 0.05) is 56.5 Å². The lowest BCUT2D eigenvalue weighted by molar-refractivity contribution is 0.830. The lowest BCUT2D eigenvalue weighted by Gasteiger charge is -2.14. The Morgan fingerprint density at radius 2 is 0.921 bits per heavy atom.